The molecule has 0 spiro atoms. The van der Waals surface area contributed by atoms with Crippen LogP contribution in [0.25, 0.3) is 33.4 Å². The van der Waals surface area contributed by atoms with Crippen LogP contribution < -0.4 is 16.4 Å². The molecule has 2 aromatic rings. The molecule has 4 rings (SSSR count). The zero-order valence-electron chi connectivity index (χ0n) is 28.4. The third-order valence-electron chi connectivity index (χ3n) is 7.61. The van der Waals surface area contributed by atoms with E-state index in [1.54, 1.807) is 0 Å². The number of hydrogen-bond donors (Lipinski definition) is 7. The molecule has 0 unspecified atom stereocenters. The first-order valence-corrected chi connectivity index (χ1v) is 18.9. The topological polar surface area (TPSA) is 312 Å². The lowest BCUT2D eigenvalue weighted by Crippen LogP contribution is -2.29. The Labute approximate surface area is 307 Å². The van der Waals surface area contributed by atoms with Crippen molar-refractivity contribution in [3.63, 3.8) is 0 Å². The van der Waals surface area contributed by atoms with Gasteiger partial charge in [-0.05, 0) is 47.5 Å². The Balaban J connectivity index is 1.48. The second-order valence-corrected chi connectivity index (χ2v) is 14.1. The molecule has 0 saturated heterocycles. The minimum Gasteiger partial charge on any atom is -0.481 e. The van der Waals surface area contributed by atoms with Gasteiger partial charge in [0.05, 0.1) is 82.3 Å². The smallest absolute Gasteiger partial charge is 0.336 e. The number of rotatable bonds is 21. The zero-order valence-corrected chi connectivity index (χ0v) is 30.0. The Morgan fingerprint density at radius 2 is 1.35 bits per heavy atom. The second-order valence-electron chi connectivity index (χ2n) is 11.4. The number of aliphatic carboxylic acids is 1. The first kappa shape index (κ1) is 41.8. The molecule has 0 aromatic heterocycles. The van der Waals surface area contributed by atoms with Gasteiger partial charge in [-0.3, -0.25) is 24.1 Å². The summed E-state index contributed by atoms with van der Waals surface area (Å²) >= 11 is 0. The predicted molar refractivity (Wildman–Crippen MR) is 187 cm³/mol. The van der Waals surface area contributed by atoms with Gasteiger partial charge in [0.2, 0.25) is 5.91 Å². The van der Waals surface area contributed by atoms with Crippen LogP contribution in [0.15, 0.2) is 56.7 Å². The lowest BCUT2D eigenvalue weighted by Gasteiger charge is -2.20. The Kier molecular flexibility index (Phi) is 14.2. The molecule has 2 aliphatic rings. The molecule has 19 nitrogen and oxygen atoms in total. The van der Waals surface area contributed by atoms with E-state index in [1.165, 1.54) is 30.3 Å². The number of carboxylic acids is 2. The SMILES string of the molecule is N=c1ccc2c(-c3cc(CC(=O)NCCOCCOCCOCCOCCC(=O)O)ccc3C(=O)O)c3ccc(N)c(S(=O)(=O)O)c3oc-2c1S(=O)(=O)O. The molecule has 54 heavy (non-hydrogen) atoms. The lowest BCUT2D eigenvalue weighted by atomic mass is 9.89. The van der Waals surface area contributed by atoms with Crippen LogP contribution in [0.4, 0.5) is 5.69 Å². The Hall–Kier alpha value is -5.00. The highest BCUT2D eigenvalue weighted by Gasteiger charge is 2.32. The molecule has 0 radical (unpaired) electrons. The minimum absolute atomic E-state index is 0.0806. The van der Waals surface area contributed by atoms with Crippen LogP contribution >= 0.6 is 0 Å². The molecule has 292 valence electrons. The molecule has 21 heteroatoms. The number of carbonyl (C=O) groups is 3. The number of aromatic carboxylic acids is 1. The lowest BCUT2D eigenvalue weighted by molar-refractivity contribution is -0.138. The summed E-state index contributed by atoms with van der Waals surface area (Å²) in [4.78, 5) is 33.7. The van der Waals surface area contributed by atoms with E-state index >= 15 is 0 Å². The predicted octanol–water partition coefficient (Wildman–Crippen LogP) is 1.66. The van der Waals surface area contributed by atoms with Gasteiger partial charge < -0.3 is 44.6 Å². The monoisotopic (exact) mass is 795 g/mol. The van der Waals surface area contributed by atoms with E-state index in [-0.39, 0.29) is 85.6 Å². The van der Waals surface area contributed by atoms with Crippen LogP contribution in [0.3, 0.4) is 0 Å². The number of benzene rings is 3. The summed E-state index contributed by atoms with van der Waals surface area (Å²) in [6, 6.07) is 8.47. The highest BCUT2D eigenvalue weighted by molar-refractivity contribution is 7.86. The number of nitrogens with one attached hydrogen (secondary N) is 2. The van der Waals surface area contributed by atoms with Crippen molar-refractivity contribution in [2.45, 2.75) is 22.6 Å². The fraction of sp³-hybridized carbons (Fsp3) is 0.333. The number of nitrogens with two attached hydrogens (primary N) is 1. The maximum Gasteiger partial charge on any atom is 0.336 e. The molecular weight excluding hydrogens is 759 g/mol. The van der Waals surface area contributed by atoms with E-state index in [4.69, 9.17) is 39.6 Å². The van der Waals surface area contributed by atoms with E-state index in [2.05, 4.69) is 5.32 Å². The number of amides is 1. The van der Waals surface area contributed by atoms with Crippen LogP contribution in [0.5, 0.6) is 0 Å². The van der Waals surface area contributed by atoms with Crippen LogP contribution in [-0.4, -0.2) is 113 Å². The van der Waals surface area contributed by atoms with Crippen molar-refractivity contribution in [2.75, 3.05) is 65.1 Å². The minimum atomic E-state index is -5.20. The average molecular weight is 796 g/mol. The maximum atomic E-state index is 12.8. The van der Waals surface area contributed by atoms with Crippen LogP contribution in [0.2, 0.25) is 0 Å². The number of anilines is 1. The first-order valence-electron chi connectivity index (χ1n) is 16.0. The highest BCUT2D eigenvalue weighted by Crippen LogP contribution is 2.45. The van der Waals surface area contributed by atoms with Crippen LogP contribution in [0, 0.1) is 5.41 Å². The van der Waals surface area contributed by atoms with Crippen molar-refractivity contribution in [1.29, 1.82) is 5.41 Å². The fourth-order valence-electron chi connectivity index (χ4n) is 5.32. The van der Waals surface area contributed by atoms with E-state index in [0.717, 1.165) is 12.1 Å². The molecule has 0 saturated carbocycles. The summed E-state index contributed by atoms with van der Waals surface area (Å²) in [7, 11) is -10.3. The average Bonchev–Trinajstić information content (AvgIpc) is 3.07. The van der Waals surface area contributed by atoms with Crippen LogP contribution in [0.1, 0.15) is 22.3 Å². The van der Waals surface area contributed by atoms with Crippen molar-refractivity contribution in [3.8, 4) is 22.5 Å². The summed E-state index contributed by atoms with van der Waals surface area (Å²) in [6.07, 6.45) is -0.340. The maximum absolute atomic E-state index is 12.8. The first-order chi connectivity index (χ1) is 25.5. The molecule has 2 aromatic carbocycles. The fourth-order valence-corrected chi connectivity index (χ4v) is 6.81. The molecule has 1 aliphatic heterocycles. The largest absolute Gasteiger partial charge is 0.481 e. The van der Waals surface area contributed by atoms with Crippen molar-refractivity contribution in [2.24, 2.45) is 0 Å². The van der Waals surface area contributed by atoms with E-state index in [0.29, 0.717) is 19.8 Å². The highest BCUT2D eigenvalue weighted by atomic mass is 32.2. The van der Waals surface area contributed by atoms with Crippen molar-refractivity contribution in [3.05, 3.63) is 58.9 Å². The number of carboxylic acid groups (broad SMARTS) is 2. The molecule has 8 N–H and O–H groups in total. The number of hydrogen-bond acceptors (Lipinski definition) is 14. The van der Waals surface area contributed by atoms with Crippen LogP contribution in [-0.2, 0) is 55.2 Å². The van der Waals surface area contributed by atoms with Gasteiger partial charge in [0.25, 0.3) is 20.2 Å². The molecule has 0 fully saturated rings. The van der Waals surface area contributed by atoms with Gasteiger partial charge in [-0.1, -0.05) is 6.07 Å². The summed E-state index contributed by atoms with van der Waals surface area (Å²) in [5, 5.41) is 28.6. The van der Waals surface area contributed by atoms with Gasteiger partial charge in [0.15, 0.2) is 21.1 Å². The Bertz CT molecular complexity index is 2270. The molecule has 1 heterocycles. The van der Waals surface area contributed by atoms with E-state index < -0.39 is 70.3 Å². The van der Waals surface area contributed by atoms with Gasteiger partial charge in [-0.25, -0.2) is 4.79 Å². The summed E-state index contributed by atoms with van der Waals surface area (Å²) in [5.41, 5.74) is 4.19. The standard InChI is InChI=1S/C33H37N3O16S2/c34-24-5-3-21-28(22-4-6-25(35)32(54(45,46)47)30(22)52-29(21)31(24)53(42,43)44)23-17-19(1-2-20(23)33(40)41)18-26(37)36-8-10-49-12-14-51-16-15-50-13-11-48-9-7-27(38)39/h1-6,17,34H,7-16,18,35H2,(H,36,37)(H,38,39)(H,40,41)(H,42,43,44)(H,45,46,47). The Morgan fingerprint density at radius 3 is 1.93 bits per heavy atom. The molecule has 0 atom stereocenters. The molecule has 0 bridgehead atoms. The number of nitrogen functional groups attached to an aromatic ring is 1. The van der Waals surface area contributed by atoms with Crippen molar-refractivity contribution >= 4 is 54.7 Å². The van der Waals surface area contributed by atoms with Gasteiger partial charge in [-0.15, -0.1) is 0 Å². The number of fused-ring (bicyclic) bond motifs is 2. The zero-order chi connectivity index (χ0) is 39.6. The quantitative estimate of drug-likeness (QED) is 0.0273. The van der Waals surface area contributed by atoms with Crippen molar-refractivity contribution in [1.82, 2.24) is 5.32 Å². The van der Waals surface area contributed by atoms with Gasteiger partial charge >= 0.3 is 11.9 Å². The number of carbonyl (C=O) groups excluding carboxylic acids is 1. The molecule has 1 aliphatic carbocycles. The van der Waals surface area contributed by atoms with E-state index in [9.17, 15) is 45.4 Å². The normalized spacial score (nSPS) is 12.0. The third-order valence-corrected chi connectivity index (χ3v) is 9.46. The van der Waals surface area contributed by atoms with Crippen molar-refractivity contribution < 1.29 is 73.9 Å². The second kappa shape index (κ2) is 18.4. The number of ether oxygens (including phenoxy) is 4. The summed E-state index contributed by atoms with van der Waals surface area (Å²) in [5.74, 6) is -3.59. The summed E-state index contributed by atoms with van der Waals surface area (Å²) < 4.78 is 96.7. The Morgan fingerprint density at radius 1 is 0.759 bits per heavy atom. The van der Waals surface area contributed by atoms with Gasteiger partial charge in [-0.2, -0.15) is 16.8 Å². The third kappa shape index (κ3) is 10.8. The van der Waals surface area contributed by atoms with E-state index in [1.807, 2.05) is 0 Å². The molecule has 1 amide bonds. The van der Waals surface area contributed by atoms with Gasteiger partial charge in [0, 0.05) is 23.1 Å². The summed E-state index contributed by atoms with van der Waals surface area (Å²) in [6.45, 7) is 2.00. The molecular formula is C33H37N3O16S2. The van der Waals surface area contributed by atoms with Gasteiger partial charge in [0.1, 0.15) is 0 Å².